The number of nitrogens with zero attached hydrogens (tertiary/aromatic N) is 3. The lowest BCUT2D eigenvalue weighted by atomic mass is 9.39. The van der Waals surface area contributed by atoms with Crippen molar-refractivity contribution in [1.29, 1.82) is 0 Å². The third-order valence-electron chi connectivity index (χ3n) is 4.91. The third-order valence-corrected chi connectivity index (χ3v) is 4.91. The van der Waals surface area contributed by atoms with Crippen LogP contribution in [-0.2, 0) is 10.2 Å². The van der Waals surface area contributed by atoms with Crippen molar-refractivity contribution in [3.63, 3.8) is 0 Å². The van der Waals surface area contributed by atoms with E-state index in [0.717, 1.165) is 25.0 Å². The summed E-state index contributed by atoms with van der Waals surface area (Å²) in [5.74, 6) is 0. The first kappa shape index (κ1) is 12.6. The Morgan fingerprint density at radius 2 is 1.95 bits per heavy atom. The quantitative estimate of drug-likeness (QED) is 0.918. The second-order valence-electron chi connectivity index (χ2n) is 6.55. The summed E-state index contributed by atoms with van der Waals surface area (Å²) < 4.78 is 42.1. The average Bonchev–Trinajstić information content (AvgIpc) is 2.63. The van der Waals surface area contributed by atoms with Gasteiger partial charge in [0.2, 0.25) is 0 Å². The SMILES string of the molecule is NC12CC(c3cnnn3C3CC(OC(F)(F)F)C3)(C1)C2. The van der Waals surface area contributed by atoms with E-state index in [1.807, 2.05) is 0 Å². The summed E-state index contributed by atoms with van der Waals surface area (Å²) >= 11 is 0. The van der Waals surface area contributed by atoms with Gasteiger partial charge in [0.15, 0.2) is 0 Å². The summed E-state index contributed by atoms with van der Waals surface area (Å²) in [6.45, 7) is 0. The Kier molecular flexibility index (Phi) is 2.23. The molecule has 4 aliphatic carbocycles. The summed E-state index contributed by atoms with van der Waals surface area (Å²) in [6, 6.07) is -0.0393. The molecule has 0 aliphatic heterocycles. The van der Waals surface area contributed by atoms with Crippen molar-refractivity contribution in [3.8, 4) is 0 Å². The molecule has 0 unspecified atom stereocenters. The fourth-order valence-corrected chi connectivity index (χ4v) is 4.05. The molecule has 1 aromatic heterocycles. The minimum absolute atomic E-state index is 0.0172. The lowest BCUT2D eigenvalue weighted by molar-refractivity contribution is -0.353. The molecule has 4 aliphatic rings. The van der Waals surface area contributed by atoms with Gasteiger partial charge in [-0.1, -0.05) is 5.21 Å². The van der Waals surface area contributed by atoms with Crippen molar-refractivity contribution in [2.24, 2.45) is 5.73 Å². The second-order valence-corrected chi connectivity index (χ2v) is 6.55. The highest BCUT2D eigenvalue weighted by Gasteiger charge is 2.68. The van der Waals surface area contributed by atoms with Gasteiger partial charge in [-0.25, -0.2) is 4.68 Å². The smallest absolute Gasteiger partial charge is 0.325 e. The van der Waals surface area contributed by atoms with Crippen LogP contribution >= 0.6 is 0 Å². The van der Waals surface area contributed by atoms with Crippen LogP contribution in [0.5, 0.6) is 0 Å². The lowest BCUT2D eigenvalue weighted by Crippen LogP contribution is -2.74. The number of alkyl halides is 3. The Hall–Kier alpha value is -1.15. The molecule has 1 heterocycles. The fraction of sp³-hybridized carbons (Fsp3) is 0.833. The summed E-state index contributed by atoms with van der Waals surface area (Å²) in [4.78, 5) is 0. The minimum Gasteiger partial charge on any atom is -0.325 e. The van der Waals surface area contributed by atoms with E-state index in [1.165, 1.54) is 0 Å². The van der Waals surface area contributed by atoms with Crippen LogP contribution in [0.15, 0.2) is 6.20 Å². The molecule has 0 radical (unpaired) electrons. The molecule has 1 aromatic rings. The molecule has 5 rings (SSSR count). The van der Waals surface area contributed by atoms with Gasteiger partial charge in [0, 0.05) is 11.0 Å². The number of hydrogen-bond donors (Lipinski definition) is 1. The molecular formula is C12H15F3N4O. The van der Waals surface area contributed by atoms with E-state index in [2.05, 4.69) is 15.0 Å². The van der Waals surface area contributed by atoms with Crippen molar-refractivity contribution in [1.82, 2.24) is 15.0 Å². The Labute approximate surface area is 113 Å². The van der Waals surface area contributed by atoms with Crippen LogP contribution in [0.1, 0.15) is 43.8 Å². The average molecular weight is 288 g/mol. The van der Waals surface area contributed by atoms with E-state index in [0.29, 0.717) is 12.8 Å². The zero-order chi connectivity index (χ0) is 14.2. The van der Waals surface area contributed by atoms with Crippen LogP contribution in [0, 0.1) is 0 Å². The van der Waals surface area contributed by atoms with E-state index >= 15 is 0 Å². The van der Waals surface area contributed by atoms with E-state index in [1.54, 1.807) is 10.9 Å². The molecule has 0 atom stereocenters. The van der Waals surface area contributed by atoms with Crippen molar-refractivity contribution >= 4 is 0 Å². The summed E-state index contributed by atoms with van der Waals surface area (Å²) in [5, 5.41) is 7.98. The lowest BCUT2D eigenvalue weighted by Gasteiger charge is -2.68. The molecule has 4 fully saturated rings. The van der Waals surface area contributed by atoms with Gasteiger partial charge in [-0.3, -0.25) is 4.74 Å². The summed E-state index contributed by atoms with van der Waals surface area (Å²) in [7, 11) is 0. The number of ether oxygens (including phenoxy) is 1. The van der Waals surface area contributed by atoms with Crippen LogP contribution in [0.2, 0.25) is 0 Å². The first-order chi connectivity index (χ1) is 9.29. The highest BCUT2D eigenvalue weighted by Crippen LogP contribution is 2.66. The van der Waals surface area contributed by atoms with Crippen molar-refractivity contribution < 1.29 is 17.9 Å². The van der Waals surface area contributed by atoms with Gasteiger partial charge in [0.25, 0.3) is 0 Å². The summed E-state index contributed by atoms with van der Waals surface area (Å²) in [6.07, 6.45) is -0.115. The van der Waals surface area contributed by atoms with Gasteiger partial charge in [0.1, 0.15) is 0 Å². The third kappa shape index (κ3) is 1.70. The number of hydrogen-bond acceptors (Lipinski definition) is 4. The standard InChI is InChI=1S/C12H15F3N4O/c13-12(14,15)20-8-1-7(2-8)19-9(3-17-18-19)10-4-11(16,5-10)6-10/h3,7-8H,1-2,4-6,16H2. The molecule has 5 nitrogen and oxygen atoms in total. The number of halogens is 3. The van der Waals surface area contributed by atoms with Crippen molar-refractivity contribution in [3.05, 3.63) is 11.9 Å². The van der Waals surface area contributed by atoms with Crippen LogP contribution in [0.3, 0.4) is 0 Å². The minimum atomic E-state index is -4.55. The van der Waals surface area contributed by atoms with E-state index in [4.69, 9.17) is 5.73 Å². The molecule has 20 heavy (non-hydrogen) atoms. The largest absolute Gasteiger partial charge is 0.522 e. The predicted octanol–water partition coefficient (Wildman–Crippen LogP) is 1.65. The van der Waals surface area contributed by atoms with Crippen LogP contribution < -0.4 is 5.73 Å². The van der Waals surface area contributed by atoms with Crippen LogP contribution in [0.4, 0.5) is 13.2 Å². The van der Waals surface area contributed by atoms with Crippen molar-refractivity contribution in [2.75, 3.05) is 0 Å². The maximum absolute atomic E-state index is 12.1. The van der Waals surface area contributed by atoms with Gasteiger partial charge in [-0.05, 0) is 32.1 Å². The molecule has 2 bridgehead atoms. The topological polar surface area (TPSA) is 66.0 Å². The normalized spacial score (nSPS) is 42.6. The van der Waals surface area contributed by atoms with E-state index in [-0.39, 0.29) is 17.0 Å². The molecule has 110 valence electrons. The maximum atomic E-state index is 12.1. The molecule has 2 N–H and O–H groups in total. The molecule has 0 aromatic carbocycles. The zero-order valence-electron chi connectivity index (χ0n) is 10.7. The summed E-state index contributed by atoms with van der Waals surface area (Å²) in [5.41, 5.74) is 7.14. The zero-order valence-corrected chi connectivity index (χ0v) is 10.7. The number of rotatable bonds is 3. The Balaban J connectivity index is 1.43. The first-order valence-electron chi connectivity index (χ1n) is 6.73. The van der Waals surface area contributed by atoms with Gasteiger partial charge in [-0.15, -0.1) is 18.3 Å². The molecule has 0 saturated heterocycles. The monoisotopic (exact) mass is 288 g/mol. The maximum Gasteiger partial charge on any atom is 0.522 e. The number of nitrogens with two attached hydrogens (primary N) is 1. The Bertz CT molecular complexity index is 529. The first-order valence-corrected chi connectivity index (χ1v) is 6.73. The molecular weight excluding hydrogens is 273 g/mol. The predicted molar refractivity (Wildman–Crippen MR) is 61.7 cm³/mol. The van der Waals surface area contributed by atoms with Crippen LogP contribution in [0.25, 0.3) is 0 Å². The van der Waals surface area contributed by atoms with E-state index in [9.17, 15) is 13.2 Å². The van der Waals surface area contributed by atoms with Gasteiger partial charge >= 0.3 is 6.36 Å². The van der Waals surface area contributed by atoms with Gasteiger partial charge in [0.05, 0.1) is 24.0 Å². The Morgan fingerprint density at radius 1 is 1.30 bits per heavy atom. The highest BCUT2D eigenvalue weighted by atomic mass is 19.4. The Morgan fingerprint density at radius 3 is 2.50 bits per heavy atom. The molecule has 0 amide bonds. The van der Waals surface area contributed by atoms with E-state index < -0.39 is 12.5 Å². The molecule has 8 heteroatoms. The fourth-order valence-electron chi connectivity index (χ4n) is 4.05. The van der Waals surface area contributed by atoms with Crippen molar-refractivity contribution in [2.45, 2.75) is 61.6 Å². The molecule has 4 saturated carbocycles. The van der Waals surface area contributed by atoms with Gasteiger partial charge < -0.3 is 5.73 Å². The highest BCUT2D eigenvalue weighted by molar-refractivity contribution is 5.36. The molecule has 0 spiro atoms. The second kappa shape index (κ2) is 3.54. The van der Waals surface area contributed by atoms with Gasteiger partial charge in [-0.2, -0.15) is 0 Å². The van der Waals surface area contributed by atoms with Crippen LogP contribution in [-0.4, -0.2) is 33.0 Å². The number of aromatic nitrogens is 3.